The fourth-order valence-electron chi connectivity index (χ4n) is 1.30. The van der Waals surface area contributed by atoms with Crippen molar-refractivity contribution < 1.29 is 14.6 Å². The lowest BCUT2D eigenvalue weighted by Crippen LogP contribution is -2.40. The van der Waals surface area contributed by atoms with Crippen molar-refractivity contribution in [3.05, 3.63) is 29.8 Å². The largest absolute Gasteiger partial charge is 0.497 e. The van der Waals surface area contributed by atoms with Crippen LogP contribution in [0.25, 0.3) is 0 Å². The Morgan fingerprint density at radius 3 is 2.53 bits per heavy atom. The van der Waals surface area contributed by atoms with Crippen LogP contribution in [0, 0.1) is 0 Å². The number of aliphatic hydroxyl groups excluding tert-OH is 1. The minimum absolute atomic E-state index is 0.146. The van der Waals surface area contributed by atoms with Crippen molar-refractivity contribution in [2.75, 3.05) is 13.7 Å². The second kappa shape index (κ2) is 6.22. The summed E-state index contributed by atoms with van der Waals surface area (Å²) in [5.41, 5.74) is 6.11. The number of ether oxygens (including phenoxy) is 1. The summed E-state index contributed by atoms with van der Waals surface area (Å²) in [5.74, 6) is 0.443. The van der Waals surface area contributed by atoms with Crippen LogP contribution in [0.1, 0.15) is 18.6 Å². The summed E-state index contributed by atoms with van der Waals surface area (Å²) >= 11 is 0. The molecule has 17 heavy (non-hydrogen) atoms. The van der Waals surface area contributed by atoms with Crippen LogP contribution in [0.15, 0.2) is 24.3 Å². The Kier molecular flexibility index (Phi) is 4.93. The summed E-state index contributed by atoms with van der Waals surface area (Å²) in [6, 6.07) is 6.44. The monoisotopic (exact) mass is 238 g/mol. The Morgan fingerprint density at radius 1 is 1.47 bits per heavy atom. The van der Waals surface area contributed by atoms with Crippen LogP contribution in [0.3, 0.4) is 0 Å². The lowest BCUT2D eigenvalue weighted by Gasteiger charge is -2.13. The minimum Gasteiger partial charge on any atom is -0.497 e. The molecule has 94 valence electrons. The third-order valence-corrected chi connectivity index (χ3v) is 2.38. The number of aliphatic hydroxyl groups is 1. The number of carbonyl (C=O) groups is 1. The number of benzene rings is 1. The van der Waals surface area contributed by atoms with Gasteiger partial charge < -0.3 is 20.9 Å². The highest BCUT2D eigenvalue weighted by Crippen LogP contribution is 2.16. The first-order valence-electron chi connectivity index (χ1n) is 5.40. The van der Waals surface area contributed by atoms with E-state index in [0.717, 1.165) is 11.3 Å². The number of amides is 1. The SMILES string of the molecule is COc1ccc(C(O)CNC(=O)C(C)N)cc1. The molecule has 0 saturated carbocycles. The van der Waals surface area contributed by atoms with Gasteiger partial charge in [0.05, 0.1) is 19.3 Å². The maximum atomic E-state index is 11.2. The average molecular weight is 238 g/mol. The van der Waals surface area contributed by atoms with E-state index in [4.69, 9.17) is 10.5 Å². The number of nitrogens with one attached hydrogen (secondary N) is 1. The second-order valence-electron chi connectivity index (χ2n) is 3.82. The summed E-state index contributed by atoms with van der Waals surface area (Å²) in [4.78, 5) is 11.2. The number of methoxy groups -OCH3 is 1. The topological polar surface area (TPSA) is 84.6 Å². The van der Waals surface area contributed by atoms with E-state index in [1.165, 1.54) is 0 Å². The lowest BCUT2D eigenvalue weighted by molar-refractivity contribution is -0.122. The van der Waals surface area contributed by atoms with Gasteiger partial charge in [-0.25, -0.2) is 0 Å². The van der Waals surface area contributed by atoms with E-state index in [9.17, 15) is 9.90 Å². The zero-order valence-corrected chi connectivity index (χ0v) is 10.0. The lowest BCUT2D eigenvalue weighted by atomic mass is 10.1. The molecule has 0 aromatic heterocycles. The molecule has 0 fully saturated rings. The predicted molar refractivity (Wildman–Crippen MR) is 64.6 cm³/mol. The smallest absolute Gasteiger partial charge is 0.236 e. The van der Waals surface area contributed by atoms with Gasteiger partial charge in [0.2, 0.25) is 5.91 Å². The van der Waals surface area contributed by atoms with Crippen molar-refractivity contribution in [3.63, 3.8) is 0 Å². The Labute approximate surface area is 101 Å². The molecule has 0 saturated heterocycles. The van der Waals surface area contributed by atoms with Gasteiger partial charge in [-0.1, -0.05) is 12.1 Å². The molecule has 1 amide bonds. The highest BCUT2D eigenvalue weighted by atomic mass is 16.5. The van der Waals surface area contributed by atoms with Gasteiger partial charge >= 0.3 is 0 Å². The van der Waals surface area contributed by atoms with Gasteiger partial charge in [0.1, 0.15) is 5.75 Å². The first kappa shape index (κ1) is 13.5. The second-order valence-corrected chi connectivity index (χ2v) is 3.82. The molecule has 0 radical (unpaired) electrons. The van der Waals surface area contributed by atoms with Crippen molar-refractivity contribution in [3.8, 4) is 5.75 Å². The van der Waals surface area contributed by atoms with Crippen LogP contribution in [0.4, 0.5) is 0 Å². The summed E-state index contributed by atoms with van der Waals surface area (Å²) in [6.07, 6.45) is -0.747. The van der Waals surface area contributed by atoms with Crippen LogP contribution in [0.2, 0.25) is 0 Å². The van der Waals surface area contributed by atoms with Crippen LogP contribution in [0.5, 0.6) is 5.75 Å². The average Bonchev–Trinajstić information content (AvgIpc) is 2.35. The molecule has 4 N–H and O–H groups in total. The summed E-state index contributed by atoms with van der Waals surface area (Å²) in [5, 5.41) is 12.4. The maximum absolute atomic E-state index is 11.2. The van der Waals surface area contributed by atoms with Gasteiger partial charge in [-0.3, -0.25) is 4.79 Å². The summed E-state index contributed by atoms with van der Waals surface area (Å²) in [6.45, 7) is 1.74. The van der Waals surface area contributed by atoms with Crippen molar-refractivity contribution in [1.29, 1.82) is 0 Å². The molecule has 0 aliphatic carbocycles. The summed E-state index contributed by atoms with van der Waals surface area (Å²) in [7, 11) is 1.58. The fourth-order valence-corrected chi connectivity index (χ4v) is 1.30. The molecular weight excluding hydrogens is 220 g/mol. The molecule has 0 aliphatic rings. The Hall–Kier alpha value is -1.59. The van der Waals surface area contributed by atoms with Crippen molar-refractivity contribution in [1.82, 2.24) is 5.32 Å². The Bertz CT molecular complexity index is 363. The molecular formula is C12H18N2O3. The maximum Gasteiger partial charge on any atom is 0.236 e. The van der Waals surface area contributed by atoms with Gasteiger partial charge in [-0.2, -0.15) is 0 Å². The number of hydrogen-bond acceptors (Lipinski definition) is 4. The molecule has 1 aromatic carbocycles. The third kappa shape index (κ3) is 4.05. The molecule has 2 unspecified atom stereocenters. The van der Waals surface area contributed by atoms with E-state index in [0.29, 0.717) is 0 Å². The van der Waals surface area contributed by atoms with E-state index in [-0.39, 0.29) is 12.5 Å². The molecule has 0 spiro atoms. The standard InChI is InChI=1S/C12H18N2O3/c1-8(13)12(16)14-7-11(15)9-3-5-10(17-2)6-4-9/h3-6,8,11,15H,7,13H2,1-2H3,(H,14,16). The van der Waals surface area contributed by atoms with Gasteiger partial charge in [0, 0.05) is 6.54 Å². The fraction of sp³-hybridized carbons (Fsp3) is 0.417. The number of carbonyl (C=O) groups excluding carboxylic acids is 1. The zero-order valence-electron chi connectivity index (χ0n) is 10.0. The Balaban J connectivity index is 2.51. The first-order chi connectivity index (χ1) is 8.04. The molecule has 0 bridgehead atoms. The van der Waals surface area contributed by atoms with E-state index in [2.05, 4.69) is 5.32 Å². The molecule has 2 atom stereocenters. The van der Waals surface area contributed by atoms with Crippen molar-refractivity contribution >= 4 is 5.91 Å². The van der Waals surface area contributed by atoms with Gasteiger partial charge in [-0.05, 0) is 24.6 Å². The number of hydrogen-bond donors (Lipinski definition) is 3. The quantitative estimate of drug-likeness (QED) is 0.683. The third-order valence-electron chi connectivity index (χ3n) is 2.38. The van der Waals surface area contributed by atoms with Crippen LogP contribution >= 0.6 is 0 Å². The molecule has 5 nitrogen and oxygen atoms in total. The normalized spacial score (nSPS) is 13.9. The van der Waals surface area contributed by atoms with Crippen molar-refractivity contribution in [2.45, 2.75) is 19.1 Å². The minimum atomic E-state index is -0.747. The number of rotatable bonds is 5. The first-order valence-corrected chi connectivity index (χ1v) is 5.40. The molecule has 0 aliphatic heterocycles. The van der Waals surface area contributed by atoms with E-state index >= 15 is 0 Å². The van der Waals surface area contributed by atoms with E-state index < -0.39 is 12.1 Å². The molecule has 1 aromatic rings. The number of nitrogens with two attached hydrogens (primary N) is 1. The van der Waals surface area contributed by atoms with Gasteiger partial charge in [0.15, 0.2) is 0 Å². The molecule has 5 heteroatoms. The summed E-state index contributed by atoms with van der Waals surface area (Å²) < 4.78 is 5.01. The molecule has 0 heterocycles. The molecule has 1 rings (SSSR count). The van der Waals surface area contributed by atoms with Crippen molar-refractivity contribution in [2.24, 2.45) is 5.73 Å². The van der Waals surface area contributed by atoms with Crippen LogP contribution in [-0.2, 0) is 4.79 Å². The van der Waals surface area contributed by atoms with E-state index in [1.54, 1.807) is 38.3 Å². The van der Waals surface area contributed by atoms with Gasteiger partial charge in [0.25, 0.3) is 0 Å². The Morgan fingerprint density at radius 2 is 2.06 bits per heavy atom. The van der Waals surface area contributed by atoms with Crippen LogP contribution in [-0.4, -0.2) is 30.7 Å². The van der Waals surface area contributed by atoms with E-state index in [1.807, 2.05) is 0 Å². The highest BCUT2D eigenvalue weighted by molar-refractivity contribution is 5.80. The highest BCUT2D eigenvalue weighted by Gasteiger charge is 2.11. The van der Waals surface area contributed by atoms with Crippen LogP contribution < -0.4 is 15.8 Å². The zero-order chi connectivity index (χ0) is 12.8. The van der Waals surface area contributed by atoms with Gasteiger partial charge in [-0.15, -0.1) is 0 Å². The predicted octanol–water partition coefficient (Wildman–Crippen LogP) is 0.192.